The van der Waals surface area contributed by atoms with E-state index in [9.17, 15) is 4.79 Å². The second-order valence-electron chi connectivity index (χ2n) is 3.32. The Morgan fingerprint density at radius 3 is 2.92 bits per heavy atom. The van der Waals surface area contributed by atoms with Crippen LogP contribution in [0.25, 0.3) is 0 Å². The molecule has 0 radical (unpaired) electrons. The molecule has 3 nitrogen and oxygen atoms in total. The van der Waals surface area contributed by atoms with Crippen molar-refractivity contribution in [3.8, 4) is 0 Å². The van der Waals surface area contributed by atoms with Crippen molar-refractivity contribution in [1.82, 2.24) is 0 Å². The summed E-state index contributed by atoms with van der Waals surface area (Å²) in [6.07, 6.45) is 2.72. The number of ketones is 1. The van der Waals surface area contributed by atoms with Crippen molar-refractivity contribution in [2.75, 3.05) is 7.11 Å². The Hall–Kier alpha value is -0.830. The van der Waals surface area contributed by atoms with Gasteiger partial charge in [0.1, 0.15) is 17.6 Å². The zero-order chi connectivity index (χ0) is 8.72. The summed E-state index contributed by atoms with van der Waals surface area (Å²) in [5.74, 6) is 1.17. The number of fused-ring (bicyclic) bond motifs is 2. The third kappa shape index (κ3) is 0.966. The summed E-state index contributed by atoms with van der Waals surface area (Å²) in [5.41, 5.74) is 0. The highest BCUT2D eigenvalue weighted by Crippen LogP contribution is 2.38. The van der Waals surface area contributed by atoms with Gasteiger partial charge in [-0.05, 0) is 19.4 Å². The molecule has 0 aromatic heterocycles. The molecule has 0 aliphatic carbocycles. The molecule has 1 saturated heterocycles. The van der Waals surface area contributed by atoms with Crippen LogP contribution < -0.4 is 0 Å². The fourth-order valence-corrected chi connectivity index (χ4v) is 1.91. The Morgan fingerprint density at radius 1 is 1.75 bits per heavy atom. The van der Waals surface area contributed by atoms with Crippen LogP contribution in [-0.4, -0.2) is 25.1 Å². The average Bonchev–Trinajstić information content (AvgIpc) is 2.60. The lowest BCUT2D eigenvalue weighted by molar-refractivity contribution is -0.121. The van der Waals surface area contributed by atoms with Crippen molar-refractivity contribution in [2.45, 2.75) is 25.6 Å². The number of hydrogen-bond donors (Lipinski definition) is 0. The second-order valence-corrected chi connectivity index (χ2v) is 3.32. The summed E-state index contributed by atoms with van der Waals surface area (Å²) in [6.45, 7) is 1.62. The molecule has 0 aromatic rings. The highest BCUT2D eigenvalue weighted by Gasteiger charge is 2.44. The Morgan fingerprint density at radius 2 is 2.50 bits per heavy atom. The fourth-order valence-electron chi connectivity index (χ4n) is 1.91. The van der Waals surface area contributed by atoms with E-state index in [2.05, 4.69) is 0 Å². The fraction of sp³-hybridized carbons (Fsp3) is 0.667. The molecular formula is C9H12O3. The van der Waals surface area contributed by atoms with E-state index < -0.39 is 0 Å². The maximum atomic E-state index is 11.1. The summed E-state index contributed by atoms with van der Waals surface area (Å²) >= 11 is 0. The number of rotatable bonds is 2. The number of methoxy groups -OCH3 is 1. The first kappa shape index (κ1) is 7.80. The Kier molecular flexibility index (Phi) is 1.68. The minimum Gasteiger partial charge on any atom is -0.499 e. The SMILES string of the molecule is COC1=CC2OC1CC2C(C)=O. The van der Waals surface area contributed by atoms with Crippen LogP contribution in [0.2, 0.25) is 0 Å². The molecule has 2 heterocycles. The molecule has 0 aromatic carbocycles. The molecule has 0 spiro atoms. The molecule has 0 saturated carbocycles. The molecule has 3 heteroatoms. The molecule has 2 rings (SSSR count). The van der Waals surface area contributed by atoms with E-state index in [4.69, 9.17) is 9.47 Å². The second kappa shape index (κ2) is 2.59. The van der Waals surface area contributed by atoms with E-state index >= 15 is 0 Å². The monoisotopic (exact) mass is 168 g/mol. The first-order valence-electron chi connectivity index (χ1n) is 4.14. The standard InChI is InChI=1S/C9H12O3/c1-5(10)6-3-9-8(11-2)4-7(6)12-9/h4,6-7,9H,3H2,1-2H3. The van der Waals surface area contributed by atoms with Crippen LogP contribution in [0.4, 0.5) is 0 Å². The van der Waals surface area contributed by atoms with Gasteiger partial charge in [0.25, 0.3) is 0 Å². The summed E-state index contributed by atoms with van der Waals surface area (Å²) in [7, 11) is 1.64. The highest BCUT2D eigenvalue weighted by molar-refractivity contribution is 5.80. The first-order valence-corrected chi connectivity index (χ1v) is 4.14. The number of Topliss-reactive ketones (excluding diaryl/α,β-unsaturated/α-hetero) is 1. The minimum absolute atomic E-state index is 0.0255. The van der Waals surface area contributed by atoms with Crippen LogP contribution >= 0.6 is 0 Å². The van der Waals surface area contributed by atoms with Crippen molar-refractivity contribution in [3.63, 3.8) is 0 Å². The predicted octanol–water partition coefficient (Wildman–Crippen LogP) is 0.893. The van der Waals surface area contributed by atoms with Crippen LogP contribution in [0.5, 0.6) is 0 Å². The topological polar surface area (TPSA) is 35.5 Å². The van der Waals surface area contributed by atoms with E-state index in [0.29, 0.717) is 0 Å². The normalized spacial score (nSPS) is 38.2. The van der Waals surface area contributed by atoms with E-state index in [1.54, 1.807) is 14.0 Å². The van der Waals surface area contributed by atoms with E-state index in [1.165, 1.54) is 0 Å². The van der Waals surface area contributed by atoms with Crippen LogP contribution in [0.1, 0.15) is 13.3 Å². The van der Waals surface area contributed by atoms with Gasteiger partial charge in [-0.2, -0.15) is 0 Å². The van der Waals surface area contributed by atoms with Gasteiger partial charge in [-0.1, -0.05) is 0 Å². The molecule has 2 bridgehead atoms. The van der Waals surface area contributed by atoms with Crippen LogP contribution in [0.3, 0.4) is 0 Å². The van der Waals surface area contributed by atoms with Crippen LogP contribution in [0, 0.1) is 5.92 Å². The third-order valence-corrected chi connectivity index (χ3v) is 2.59. The smallest absolute Gasteiger partial charge is 0.135 e. The first-order chi connectivity index (χ1) is 5.72. The minimum atomic E-state index is -0.0255. The van der Waals surface area contributed by atoms with Crippen molar-refractivity contribution < 1.29 is 14.3 Å². The molecular weight excluding hydrogens is 156 g/mol. The maximum Gasteiger partial charge on any atom is 0.135 e. The van der Waals surface area contributed by atoms with Crippen molar-refractivity contribution in [1.29, 1.82) is 0 Å². The van der Waals surface area contributed by atoms with Gasteiger partial charge in [0, 0.05) is 0 Å². The number of carbonyl (C=O) groups excluding carboxylic acids is 1. The van der Waals surface area contributed by atoms with Gasteiger partial charge < -0.3 is 9.47 Å². The molecule has 66 valence electrons. The highest BCUT2D eigenvalue weighted by atomic mass is 16.6. The van der Waals surface area contributed by atoms with Gasteiger partial charge in [-0.3, -0.25) is 4.79 Å². The molecule has 1 fully saturated rings. The number of hydrogen-bond acceptors (Lipinski definition) is 3. The molecule has 0 amide bonds. The maximum absolute atomic E-state index is 11.1. The van der Waals surface area contributed by atoms with Crippen LogP contribution in [0.15, 0.2) is 11.8 Å². The third-order valence-electron chi connectivity index (χ3n) is 2.59. The lowest BCUT2D eigenvalue weighted by atomic mass is 9.90. The summed E-state index contributed by atoms with van der Waals surface area (Å²) in [4.78, 5) is 11.1. The lowest BCUT2D eigenvalue weighted by Gasteiger charge is -2.13. The number of ether oxygens (including phenoxy) is 2. The molecule has 2 aliphatic heterocycles. The van der Waals surface area contributed by atoms with Gasteiger partial charge in [-0.25, -0.2) is 0 Å². The Bertz CT molecular complexity index is 244. The average molecular weight is 168 g/mol. The zero-order valence-corrected chi connectivity index (χ0v) is 7.24. The van der Waals surface area contributed by atoms with E-state index in [-0.39, 0.29) is 23.9 Å². The summed E-state index contributed by atoms with van der Waals surface area (Å²) in [5, 5.41) is 0. The lowest BCUT2D eigenvalue weighted by Crippen LogP contribution is -2.21. The largest absolute Gasteiger partial charge is 0.499 e. The van der Waals surface area contributed by atoms with Gasteiger partial charge in [0.2, 0.25) is 0 Å². The van der Waals surface area contributed by atoms with Gasteiger partial charge in [-0.15, -0.1) is 0 Å². The zero-order valence-electron chi connectivity index (χ0n) is 7.24. The molecule has 0 N–H and O–H groups in total. The van der Waals surface area contributed by atoms with E-state index in [0.717, 1.165) is 12.2 Å². The van der Waals surface area contributed by atoms with E-state index in [1.807, 2.05) is 6.08 Å². The molecule has 3 atom stereocenters. The molecule has 2 aliphatic rings. The predicted molar refractivity (Wildman–Crippen MR) is 42.5 cm³/mol. The number of carbonyl (C=O) groups is 1. The van der Waals surface area contributed by atoms with Gasteiger partial charge in [0.15, 0.2) is 0 Å². The molecule has 3 unspecified atom stereocenters. The van der Waals surface area contributed by atoms with Gasteiger partial charge in [0.05, 0.1) is 19.1 Å². The van der Waals surface area contributed by atoms with Crippen molar-refractivity contribution >= 4 is 5.78 Å². The summed E-state index contributed by atoms with van der Waals surface area (Å²) in [6, 6.07) is 0. The van der Waals surface area contributed by atoms with Gasteiger partial charge >= 0.3 is 0 Å². The van der Waals surface area contributed by atoms with Crippen molar-refractivity contribution in [3.05, 3.63) is 11.8 Å². The summed E-state index contributed by atoms with van der Waals surface area (Å²) < 4.78 is 10.6. The Labute approximate surface area is 71.3 Å². The quantitative estimate of drug-likeness (QED) is 0.614. The molecule has 12 heavy (non-hydrogen) atoms. The Balaban J connectivity index is 2.15. The van der Waals surface area contributed by atoms with Crippen LogP contribution in [-0.2, 0) is 14.3 Å². The van der Waals surface area contributed by atoms with Crippen molar-refractivity contribution in [2.24, 2.45) is 5.92 Å².